The predicted octanol–water partition coefficient (Wildman–Crippen LogP) is 3.94. The minimum atomic E-state index is -0.301. The van der Waals surface area contributed by atoms with E-state index in [4.69, 9.17) is 22.1 Å². The Morgan fingerprint density at radius 3 is 2.83 bits per heavy atom. The lowest BCUT2D eigenvalue weighted by molar-refractivity contribution is 0.102. The first kappa shape index (κ1) is 17.8. The van der Waals surface area contributed by atoms with Crippen LogP contribution in [0, 0.1) is 0 Å². The largest absolute Gasteiger partial charge is 0.496 e. The average molecular weight is 374 g/mol. The quantitative estimate of drug-likeness (QED) is 0.798. The maximum Gasteiger partial charge on any atom is 0.261 e. The van der Waals surface area contributed by atoms with E-state index in [1.54, 1.807) is 6.07 Å². The number of carbonyl (C=O) groups is 1. The van der Waals surface area contributed by atoms with Gasteiger partial charge in [-0.25, -0.2) is 4.98 Å². The highest BCUT2D eigenvalue weighted by atomic mass is 35.5. The van der Waals surface area contributed by atoms with Crippen LogP contribution in [0.4, 0.5) is 10.8 Å². The molecule has 1 aliphatic rings. The lowest BCUT2D eigenvalue weighted by atomic mass is 10.0. The maximum atomic E-state index is 12.4. The van der Waals surface area contributed by atoms with Gasteiger partial charge in [0.1, 0.15) is 5.75 Å². The normalized spacial score (nSPS) is 13.0. The molecule has 23 heavy (non-hydrogen) atoms. The van der Waals surface area contributed by atoms with Gasteiger partial charge in [0, 0.05) is 10.9 Å². The Bertz CT molecular complexity index is 710. The lowest BCUT2D eigenvalue weighted by Gasteiger charge is -2.10. The highest BCUT2D eigenvalue weighted by Crippen LogP contribution is 2.32. The van der Waals surface area contributed by atoms with Gasteiger partial charge in [-0.15, -0.1) is 23.7 Å². The molecule has 0 fully saturated rings. The Hall–Kier alpha value is -1.50. The van der Waals surface area contributed by atoms with Crippen LogP contribution >= 0.6 is 35.3 Å². The number of fused-ring (bicyclic) bond motifs is 1. The third kappa shape index (κ3) is 3.71. The molecule has 1 heterocycles. The van der Waals surface area contributed by atoms with Gasteiger partial charge in [-0.2, -0.15) is 0 Å². The summed E-state index contributed by atoms with van der Waals surface area (Å²) in [5.41, 5.74) is 7.55. The smallest absolute Gasteiger partial charge is 0.261 e. The molecule has 0 saturated carbocycles. The number of rotatable bonds is 3. The first-order valence-electron chi connectivity index (χ1n) is 7.01. The summed E-state index contributed by atoms with van der Waals surface area (Å²) in [6.07, 6.45) is 4.37. The number of halogens is 2. The van der Waals surface area contributed by atoms with Crippen molar-refractivity contribution >= 4 is 52.1 Å². The number of nitrogen functional groups attached to an aromatic ring is 1. The standard InChI is InChI=1S/C15H16ClN3O2S.ClH/c1-21-12-7-10(17)9(16)6-8(12)14(20)19-15-18-11-4-2-3-5-13(11)22-15;/h6-7H,2-5,17H2,1H3,(H,18,19,20);1H. The molecule has 0 aliphatic heterocycles. The summed E-state index contributed by atoms with van der Waals surface area (Å²) in [6.45, 7) is 0. The maximum absolute atomic E-state index is 12.4. The molecule has 5 nitrogen and oxygen atoms in total. The molecule has 3 N–H and O–H groups in total. The van der Waals surface area contributed by atoms with Crippen LogP contribution in [0.1, 0.15) is 33.8 Å². The summed E-state index contributed by atoms with van der Waals surface area (Å²) in [7, 11) is 1.49. The molecule has 0 spiro atoms. The first-order chi connectivity index (χ1) is 10.6. The topological polar surface area (TPSA) is 77.2 Å². The number of carbonyl (C=O) groups excluding carboxylic acids is 1. The van der Waals surface area contributed by atoms with Crippen LogP contribution in [-0.2, 0) is 12.8 Å². The minimum Gasteiger partial charge on any atom is -0.496 e. The van der Waals surface area contributed by atoms with Crippen LogP contribution < -0.4 is 15.8 Å². The fraction of sp³-hybridized carbons (Fsp3) is 0.333. The van der Waals surface area contributed by atoms with Gasteiger partial charge in [0.2, 0.25) is 0 Å². The van der Waals surface area contributed by atoms with Crippen molar-refractivity contribution in [3.05, 3.63) is 33.3 Å². The summed E-state index contributed by atoms with van der Waals surface area (Å²) in [6, 6.07) is 3.06. The van der Waals surface area contributed by atoms with Crippen molar-refractivity contribution < 1.29 is 9.53 Å². The fourth-order valence-electron chi connectivity index (χ4n) is 2.49. The van der Waals surface area contributed by atoms with Crippen molar-refractivity contribution in [2.24, 2.45) is 0 Å². The molecule has 1 aromatic carbocycles. The summed E-state index contributed by atoms with van der Waals surface area (Å²) in [4.78, 5) is 18.2. The molecule has 0 unspecified atom stereocenters. The molecular weight excluding hydrogens is 357 g/mol. The van der Waals surface area contributed by atoms with Crippen LogP contribution in [0.2, 0.25) is 5.02 Å². The first-order valence-corrected chi connectivity index (χ1v) is 8.21. The van der Waals surface area contributed by atoms with Crippen molar-refractivity contribution in [2.45, 2.75) is 25.7 Å². The zero-order chi connectivity index (χ0) is 15.7. The molecule has 1 aliphatic carbocycles. The van der Waals surface area contributed by atoms with Crippen molar-refractivity contribution in [2.75, 3.05) is 18.2 Å². The Morgan fingerprint density at radius 1 is 1.39 bits per heavy atom. The highest BCUT2D eigenvalue weighted by molar-refractivity contribution is 7.15. The van der Waals surface area contributed by atoms with Gasteiger partial charge in [-0.3, -0.25) is 10.1 Å². The van der Waals surface area contributed by atoms with Crippen molar-refractivity contribution in [3.8, 4) is 5.75 Å². The second-order valence-corrected chi connectivity index (χ2v) is 6.61. The van der Waals surface area contributed by atoms with Gasteiger partial charge >= 0.3 is 0 Å². The summed E-state index contributed by atoms with van der Waals surface area (Å²) in [5, 5.41) is 3.77. The average Bonchev–Trinajstić information content (AvgIpc) is 2.91. The minimum absolute atomic E-state index is 0. The second kappa shape index (κ2) is 7.38. The van der Waals surface area contributed by atoms with Gasteiger partial charge in [-0.05, 0) is 31.7 Å². The van der Waals surface area contributed by atoms with Gasteiger partial charge in [0.25, 0.3) is 5.91 Å². The number of methoxy groups -OCH3 is 1. The van der Waals surface area contributed by atoms with Gasteiger partial charge in [0.05, 0.1) is 29.1 Å². The number of anilines is 2. The number of aromatic nitrogens is 1. The third-order valence-corrected chi connectivity index (χ3v) is 5.03. The number of nitrogens with one attached hydrogen (secondary N) is 1. The Kier molecular flexibility index (Phi) is 5.73. The molecule has 0 radical (unpaired) electrons. The van der Waals surface area contributed by atoms with E-state index in [9.17, 15) is 4.79 Å². The number of thiazole rings is 1. The van der Waals surface area contributed by atoms with Crippen LogP contribution in [0.15, 0.2) is 12.1 Å². The number of hydrogen-bond acceptors (Lipinski definition) is 5. The molecule has 2 aromatic rings. The van der Waals surface area contributed by atoms with E-state index in [0.717, 1.165) is 25.0 Å². The molecule has 8 heteroatoms. The molecular formula is C15H17Cl2N3O2S. The molecule has 0 atom stereocenters. The van der Waals surface area contributed by atoms with E-state index in [1.165, 1.54) is 35.8 Å². The van der Waals surface area contributed by atoms with Gasteiger partial charge in [-0.1, -0.05) is 11.6 Å². The molecule has 1 aromatic heterocycles. The number of ether oxygens (including phenoxy) is 1. The van der Waals surface area contributed by atoms with E-state index in [1.807, 2.05) is 0 Å². The Morgan fingerprint density at radius 2 is 2.13 bits per heavy atom. The molecule has 0 bridgehead atoms. The van der Waals surface area contributed by atoms with E-state index in [2.05, 4.69) is 10.3 Å². The number of nitrogens with zero attached hydrogens (tertiary/aromatic N) is 1. The van der Waals surface area contributed by atoms with Crippen LogP contribution in [-0.4, -0.2) is 18.0 Å². The number of benzene rings is 1. The number of amides is 1. The number of hydrogen-bond donors (Lipinski definition) is 2. The van der Waals surface area contributed by atoms with Crippen LogP contribution in [0.25, 0.3) is 0 Å². The summed E-state index contributed by atoms with van der Waals surface area (Å²) < 4.78 is 5.20. The fourth-order valence-corrected chi connectivity index (χ4v) is 3.69. The van der Waals surface area contributed by atoms with Crippen LogP contribution in [0.5, 0.6) is 5.75 Å². The SMILES string of the molecule is COc1cc(N)c(Cl)cc1C(=O)Nc1nc2c(s1)CCCC2.Cl. The summed E-state index contributed by atoms with van der Waals surface area (Å²) >= 11 is 7.54. The van der Waals surface area contributed by atoms with Gasteiger partial charge in [0.15, 0.2) is 5.13 Å². The van der Waals surface area contributed by atoms with Gasteiger partial charge < -0.3 is 10.5 Å². The van der Waals surface area contributed by atoms with E-state index < -0.39 is 0 Å². The Labute approximate surface area is 149 Å². The Balaban J connectivity index is 0.00000192. The van der Waals surface area contributed by atoms with Crippen molar-refractivity contribution in [3.63, 3.8) is 0 Å². The van der Waals surface area contributed by atoms with E-state index >= 15 is 0 Å². The molecule has 3 rings (SSSR count). The van der Waals surface area contributed by atoms with Crippen molar-refractivity contribution in [1.29, 1.82) is 0 Å². The zero-order valence-corrected chi connectivity index (χ0v) is 14.9. The molecule has 1 amide bonds. The van der Waals surface area contributed by atoms with Crippen molar-refractivity contribution in [1.82, 2.24) is 4.98 Å². The monoisotopic (exact) mass is 373 g/mol. The molecule has 124 valence electrons. The highest BCUT2D eigenvalue weighted by Gasteiger charge is 2.19. The number of aryl methyl sites for hydroxylation is 2. The molecule has 0 saturated heterocycles. The second-order valence-electron chi connectivity index (χ2n) is 5.12. The third-order valence-electron chi connectivity index (χ3n) is 3.63. The van der Waals surface area contributed by atoms with Crippen LogP contribution in [0.3, 0.4) is 0 Å². The predicted molar refractivity (Wildman–Crippen MR) is 96.4 cm³/mol. The zero-order valence-electron chi connectivity index (χ0n) is 12.5. The van der Waals surface area contributed by atoms with E-state index in [-0.39, 0.29) is 18.3 Å². The lowest BCUT2D eigenvalue weighted by Crippen LogP contribution is -2.13. The number of nitrogens with two attached hydrogens (primary N) is 1. The summed E-state index contributed by atoms with van der Waals surface area (Å²) in [5.74, 6) is 0.0885. The van der Waals surface area contributed by atoms with E-state index in [0.29, 0.717) is 27.2 Å².